The van der Waals surface area contributed by atoms with E-state index in [1.165, 1.54) is 25.0 Å². The number of aromatic hydroxyl groups is 1. The maximum Gasteiger partial charge on any atom is 0.277 e. The maximum absolute atomic E-state index is 11.7. The summed E-state index contributed by atoms with van der Waals surface area (Å²) in [7, 11) is 1.47. The van der Waals surface area contributed by atoms with Crippen LogP contribution in [-0.2, 0) is 11.2 Å². The summed E-state index contributed by atoms with van der Waals surface area (Å²) in [4.78, 5) is 11.7. The normalized spacial score (nSPS) is 10.6. The summed E-state index contributed by atoms with van der Waals surface area (Å²) < 4.78 is 10.4. The molecule has 0 aliphatic carbocycles. The molecule has 132 valence electrons. The smallest absolute Gasteiger partial charge is 0.277 e. The van der Waals surface area contributed by atoms with Crippen molar-refractivity contribution in [2.75, 3.05) is 13.7 Å². The van der Waals surface area contributed by atoms with Crippen molar-refractivity contribution >= 4 is 12.1 Å². The number of hydrogen-bond acceptors (Lipinski definition) is 5. The number of nitrogens with one attached hydrogen (secondary N) is 1. The first-order valence-corrected chi connectivity index (χ1v) is 8.03. The van der Waals surface area contributed by atoms with Gasteiger partial charge in [0, 0.05) is 0 Å². The van der Waals surface area contributed by atoms with E-state index in [0.717, 1.165) is 12.8 Å². The number of phenolic OH excluding ortho intramolecular Hbond substituents is 1. The highest BCUT2D eigenvalue weighted by molar-refractivity contribution is 5.83. The molecular weight excluding hydrogens is 320 g/mol. The van der Waals surface area contributed by atoms with Crippen LogP contribution in [0.4, 0.5) is 0 Å². The third kappa shape index (κ3) is 5.84. The fourth-order valence-corrected chi connectivity index (χ4v) is 2.19. The molecular formula is C19H22N2O4. The first kappa shape index (κ1) is 18.3. The highest BCUT2D eigenvalue weighted by atomic mass is 16.5. The van der Waals surface area contributed by atoms with Crippen molar-refractivity contribution in [3.05, 3.63) is 53.6 Å². The van der Waals surface area contributed by atoms with Gasteiger partial charge in [0.2, 0.25) is 0 Å². The molecule has 0 aromatic heterocycles. The summed E-state index contributed by atoms with van der Waals surface area (Å²) in [5, 5.41) is 13.5. The van der Waals surface area contributed by atoms with E-state index in [0.29, 0.717) is 17.1 Å². The lowest BCUT2D eigenvalue weighted by Gasteiger charge is -2.06. The third-order valence-electron chi connectivity index (χ3n) is 3.44. The lowest BCUT2D eigenvalue weighted by molar-refractivity contribution is -0.123. The van der Waals surface area contributed by atoms with Crippen molar-refractivity contribution in [2.45, 2.75) is 19.8 Å². The number of phenols is 1. The zero-order valence-electron chi connectivity index (χ0n) is 14.4. The predicted octanol–water partition coefficient (Wildman–Crippen LogP) is 2.88. The number of carbonyl (C=O) groups excluding carboxylic acids is 1. The molecule has 0 atom stereocenters. The van der Waals surface area contributed by atoms with Crippen LogP contribution >= 0.6 is 0 Å². The monoisotopic (exact) mass is 342 g/mol. The molecule has 6 heteroatoms. The van der Waals surface area contributed by atoms with Gasteiger partial charge in [-0.1, -0.05) is 25.5 Å². The van der Waals surface area contributed by atoms with E-state index >= 15 is 0 Å². The second kappa shape index (κ2) is 9.32. The van der Waals surface area contributed by atoms with E-state index < -0.39 is 0 Å². The van der Waals surface area contributed by atoms with E-state index in [-0.39, 0.29) is 18.3 Å². The molecule has 2 rings (SSSR count). The number of methoxy groups -OCH3 is 1. The van der Waals surface area contributed by atoms with E-state index in [2.05, 4.69) is 17.5 Å². The molecule has 0 fully saturated rings. The van der Waals surface area contributed by atoms with Crippen LogP contribution in [-0.4, -0.2) is 30.9 Å². The number of hydrazone groups is 1. The summed E-state index contributed by atoms with van der Waals surface area (Å²) in [5.74, 6) is 0.651. The molecule has 0 saturated carbocycles. The van der Waals surface area contributed by atoms with Gasteiger partial charge in [-0.3, -0.25) is 4.79 Å². The van der Waals surface area contributed by atoms with Crippen molar-refractivity contribution in [2.24, 2.45) is 5.10 Å². The first-order valence-electron chi connectivity index (χ1n) is 8.03. The minimum atomic E-state index is -0.369. The van der Waals surface area contributed by atoms with Gasteiger partial charge in [-0.25, -0.2) is 5.43 Å². The number of carbonyl (C=O) groups is 1. The van der Waals surface area contributed by atoms with Gasteiger partial charge in [-0.2, -0.15) is 5.10 Å². The lowest BCUT2D eigenvalue weighted by Crippen LogP contribution is -2.24. The quantitative estimate of drug-likeness (QED) is 0.571. The number of aryl methyl sites for hydroxylation is 1. The molecule has 0 bridgehead atoms. The average Bonchev–Trinajstić information content (AvgIpc) is 2.61. The molecule has 2 aromatic rings. The average molecular weight is 342 g/mol. The van der Waals surface area contributed by atoms with Crippen LogP contribution in [0.15, 0.2) is 47.6 Å². The van der Waals surface area contributed by atoms with Crippen molar-refractivity contribution in [1.82, 2.24) is 5.43 Å². The van der Waals surface area contributed by atoms with Crippen LogP contribution < -0.4 is 14.9 Å². The Kier molecular flexibility index (Phi) is 6.83. The van der Waals surface area contributed by atoms with E-state index in [1.807, 2.05) is 24.3 Å². The predicted molar refractivity (Wildman–Crippen MR) is 96.3 cm³/mol. The summed E-state index contributed by atoms with van der Waals surface area (Å²) in [5.41, 5.74) is 4.25. The van der Waals surface area contributed by atoms with Gasteiger partial charge in [0.1, 0.15) is 5.75 Å². The molecule has 2 aromatic carbocycles. The van der Waals surface area contributed by atoms with Crippen molar-refractivity contribution in [1.29, 1.82) is 0 Å². The molecule has 0 aliphatic rings. The zero-order valence-corrected chi connectivity index (χ0v) is 14.4. The molecule has 0 heterocycles. The first-order chi connectivity index (χ1) is 12.1. The van der Waals surface area contributed by atoms with E-state index in [4.69, 9.17) is 9.47 Å². The summed E-state index contributed by atoms with van der Waals surface area (Å²) >= 11 is 0. The Morgan fingerprint density at radius 3 is 2.64 bits per heavy atom. The van der Waals surface area contributed by atoms with Crippen LogP contribution in [0.5, 0.6) is 17.2 Å². The van der Waals surface area contributed by atoms with Gasteiger partial charge >= 0.3 is 0 Å². The number of hydrogen-bond donors (Lipinski definition) is 2. The number of benzene rings is 2. The van der Waals surface area contributed by atoms with Gasteiger partial charge < -0.3 is 14.6 Å². The third-order valence-corrected chi connectivity index (χ3v) is 3.44. The molecule has 6 nitrogen and oxygen atoms in total. The van der Waals surface area contributed by atoms with Gasteiger partial charge in [0.15, 0.2) is 18.1 Å². The van der Waals surface area contributed by atoms with Gasteiger partial charge in [-0.05, 0) is 47.9 Å². The fourth-order valence-electron chi connectivity index (χ4n) is 2.19. The van der Waals surface area contributed by atoms with Gasteiger partial charge in [0.25, 0.3) is 5.91 Å². The number of rotatable bonds is 8. The summed E-state index contributed by atoms with van der Waals surface area (Å²) in [6.07, 6.45) is 3.54. The molecule has 25 heavy (non-hydrogen) atoms. The molecule has 1 amide bonds. The molecule has 0 saturated heterocycles. The molecule has 0 radical (unpaired) electrons. The Bertz CT molecular complexity index is 727. The molecule has 0 aliphatic heterocycles. The van der Waals surface area contributed by atoms with E-state index in [9.17, 15) is 9.90 Å². The minimum Gasteiger partial charge on any atom is -0.504 e. The Balaban J connectivity index is 1.79. The second-order valence-electron chi connectivity index (χ2n) is 5.41. The maximum atomic E-state index is 11.7. The van der Waals surface area contributed by atoms with Crippen molar-refractivity contribution < 1.29 is 19.4 Å². The Morgan fingerprint density at radius 1 is 1.24 bits per heavy atom. The Morgan fingerprint density at radius 2 is 2.00 bits per heavy atom. The van der Waals surface area contributed by atoms with Crippen molar-refractivity contribution in [3.63, 3.8) is 0 Å². The second-order valence-corrected chi connectivity index (χ2v) is 5.41. The number of nitrogens with zero attached hydrogens (tertiary/aromatic N) is 1. The number of amides is 1. The van der Waals surface area contributed by atoms with Crippen LogP contribution in [0.25, 0.3) is 0 Å². The topological polar surface area (TPSA) is 80.2 Å². The van der Waals surface area contributed by atoms with Gasteiger partial charge in [0.05, 0.1) is 13.3 Å². The molecule has 0 unspecified atom stereocenters. The standard InChI is InChI=1S/C19H22N2O4/c1-3-4-14-5-8-16(9-6-14)25-13-19(23)21-20-12-15-7-10-18(24-2)17(22)11-15/h5-12,22H,3-4,13H2,1-2H3,(H,21,23)/b20-12+. The Hall–Kier alpha value is -3.02. The SMILES string of the molecule is CCCc1ccc(OCC(=O)N/N=C/c2ccc(OC)c(O)c2)cc1. The molecule has 2 N–H and O–H groups in total. The zero-order chi connectivity index (χ0) is 18.1. The van der Waals surface area contributed by atoms with Crippen LogP contribution in [0.3, 0.4) is 0 Å². The largest absolute Gasteiger partial charge is 0.504 e. The highest BCUT2D eigenvalue weighted by Gasteiger charge is 2.03. The van der Waals surface area contributed by atoms with Gasteiger partial charge in [-0.15, -0.1) is 0 Å². The molecule has 0 spiro atoms. The Labute approximate surface area is 147 Å². The highest BCUT2D eigenvalue weighted by Crippen LogP contribution is 2.25. The lowest BCUT2D eigenvalue weighted by atomic mass is 10.1. The van der Waals surface area contributed by atoms with Crippen LogP contribution in [0, 0.1) is 0 Å². The van der Waals surface area contributed by atoms with Crippen LogP contribution in [0.2, 0.25) is 0 Å². The summed E-state index contributed by atoms with van der Waals surface area (Å²) in [6, 6.07) is 12.5. The minimum absolute atomic E-state index is 0.00706. The van der Waals surface area contributed by atoms with E-state index in [1.54, 1.807) is 12.1 Å². The number of ether oxygens (including phenoxy) is 2. The van der Waals surface area contributed by atoms with Crippen LogP contribution in [0.1, 0.15) is 24.5 Å². The van der Waals surface area contributed by atoms with Crippen molar-refractivity contribution in [3.8, 4) is 17.2 Å². The summed E-state index contributed by atoms with van der Waals surface area (Å²) in [6.45, 7) is 2.00. The fraction of sp³-hybridized carbons (Fsp3) is 0.263.